The van der Waals surface area contributed by atoms with Gasteiger partial charge in [-0.1, -0.05) is 146 Å². The number of fused-ring (bicyclic) bond motifs is 8. The molecule has 8 nitrogen and oxygen atoms in total. The van der Waals surface area contributed by atoms with E-state index in [0.29, 0.717) is 0 Å². The van der Waals surface area contributed by atoms with Crippen LogP contribution < -0.4 is 0 Å². The van der Waals surface area contributed by atoms with E-state index in [1.165, 1.54) is 24.3 Å². The van der Waals surface area contributed by atoms with Gasteiger partial charge in [-0.25, -0.2) is 0 Å². The maximum atomic E-state index is 12.8. The number of rotatable bonds is 8. The van der Waals surface area contributed by atoms with Crippen molar-refractivity contribution in [3.8, 4) is 46.0 Å². The van der Waals surface area contributed by atoms with Gasteiger partial charge in [0.2, 0.25) is 0 Å². The van der Waals surface area contributed by atoms with E-state index in [-0.39, 0.29) is 116 Å². The van der Waals surface area contributed by atoms with Gasteiger partial charge in [0, 0.05) is 68.2 Å². The molecule has 8 aromatic carbocycles. The molecule has 320 valence electrons. The second-order valence-corrected chi connectivity index (χ2v) is 16.7. The second-order valence-electron chi connectivity index (χ2n) is 16.7. The molecule has 0 radical (unpaired) electrons. The van der Waals surface area contributed by atoms with Crippen LogP contribution in [0, 0.1) is 0 Å². The quantitative estimate of drug-likeness (QED) is 0.0749. The minimum Gasteiger partial charge on any atom is -0.508 e. The summed E-state index contributed by atoms with van der Waals surface area (Å²) in [6.45, 7) is 0. The molecule has 0 saturated carbocycles. The van der Waals surface area contributed by atoms with Gasteiger partial charge in [0.25, 0.3) is 0 Å². The summed E-state index contributed by atoms with van der Waals surface area (Å²) in [5.74, 6) is -5.86. The molecule has 8 aromatic rings. The topological polar surface area (TPSA) is 162 Å². The van der Waals surface area contributed by atoms with E-state index >= 15 is 0 Å². The summed E-state index contributed by atoms with van der Waals surface area (Å²) in [7, 11) is 0. The molecule has 0 saturated heterocycles. The third-order valence-corrected chi connectivity index (χ3v) is 12.9. The molecule has 0 aliphatic heterocycles. The first-order chi connectivity index (χ1) is 31.1. The molecule has 8 bridgehead atoms. The van der Waals surface area contributed by atoms with Gasteiger partial charge in [-0.15, -0.1) is 0 Å². The molecular weight excluding hydrogens is 801 g/mol. The molecule has 0 heterocycles. The molecule has 0 spiro atoms. The van der Waals surface area contributed by atoms with E-state index in [9.17, 15) is 40.9 Å². The highest BCUT2D eigenvalue weighted by atomic mass is 16.3. The van der Waals surface area contributed by atoms with E-state index in [1.54, 1.807) is 24.3 Å². The fourth-order valence-electron chi connectivity index (χ4n) is 9.83. The third kappa shape index (κ3) is 7.79. The number of hydrogen-bond donors (Lipinski definition) is 8. The Labute approximate surface area is 371 Å². The summed E-state index contributed by atoms with van der Waals surface area (Å²) >= 11 is 0. The first-order valence-corrected chi connectivity index (χ1v) is 21.4. The Kier molecular flexibility index (Phi) is 11.3. The van der Waals surface area contributed by atoms with Crippen LogP contribution in [0.1, 0.15) is 90.4 Å². The highest BCUT2D eigenvalue weighted by molar-refractivity contribution is 5.67. The standard InChI is InChI=1S/C56H48O8/c57-45-26-22-38-42(30-34-15-7-2-8-16-34)51-47(59)28-24-40(56(51)64)44(32-36-19-11-4-12-20-36)52-48(60)27-23-39(55(52)63)43(31-35-17-9-3-10-18-35)50-46(58)25-21-37(53(50)61)41(49(45)54(38)62)29-33-13-5-1-6-14-33/h1-28,41-44,57-64H,29-32H2/t41-,42-,43-,44-/m1/s1. The lowest BCUT2D eigenvalue weighted by Gasteiger charge is -2.30. The van der Waals surface area contributed by atoms with E-state index in [0.717, 1.165) is 22.3 Å². The Balaban J connectivity index is 1.41. The molecule has 0 fully saturated rings. The molecule has 8 N–H and O–H groups in total. The number of benzene rings is 8. The fourth-order valence-corrected chi connectivity index (χ4v) is 9.83. The molecule has 1 aliphatic rings. The second kappa shape index (κ2) is 17.5. The summed E-state index contributed by atoms with van der Waals surface area (Å²) in [4.78, 5) is 0. The van der Waals surface area contributed by atoms with Crippen LogP contribution in [0.5, 0.6) is 46.0 Å². The van der Waals surface area contributed by atoms with Crippen molar-refractivity contribution in [2.45, 2.75) is 49.4 Å². The Morgan fingerprint density at radius 1 is 0.234 bits per heavy atom. The van der Waals surface area contributed by atoms with Crippen LogP contribution in [-0.2, 0) is 25.7 Å². The first-order valence-electron chi connectivity index (χ1n) is 21.4. The zero-order valence-corrected chi connectivity index (χ0v) is 34.9. The van der Waals surface area contributed by atoms with Crippen molar-refractivity contribution in [3.05, 3.63) is 237 Å². The molecule has 0 aromatic heterocycles. The molecule has 9 rings (SSSR count). The van der Waals surface area contributed by atoms with Crippen molar-refractivity contribution in [2.75, 3.05) is 0 Å². The average Bonchev–Trinajstić information content (AvgIpc) is 3.29. The molecule has 4 atom stereocenters. The minimum absolute atomic E-state index is 0.102. The van der Waals surface area contributed by atoms with Crippen LogP contribution in [0.25, 0.3) is 0 Å². The normalized spacial score (nSPS) is 16.9. The number of aromatic hydroxyl groups is 8. The van der Waals surface area contributed by atoms with Gasteiger partial charge in [-0.05, 0) is 72.2 Å². The number of hydrogen-bond acceptors (Lipinski definition) is 8. The highest BCUT2D eigenvalue weighted by Crippen LogP contribution is 2.55. The zero-order valence-electron chi connectivity index (χ0n) is 34.9. The number of phenols is 8. The highest BCUT2D eigenvalue weighted by Gasteiger charge is 2.37. The van der Waals surface area contributed by atoms with Crippen molar-refractivity contribution in [1.82, 2.24) is 0 Å². The van der Waals surface area contributed by atoms with E-state index in [2.05, 4.69) is 0 Å². The van der Waals surface area contributed by atoms with Crippen LogP contribution in [0.3, 0.4) is 0 Å². The minimum atomic E-state index is -0.919. The van der Waals surface area contributed by atoms with Crippen LogP contribution in [0.2, 0.25) is 0 Å². The van der Waals surface area contributed by atoms with E-state index < -0.39 is 23.7 Å². The summed E-state index contributed by atoms with van der Waals surface area (Å²) in [5.41, 5.74) is 4.88. The molecule has 8 heteroatoms. The number of phenolic OH excluding ortho intramolecular Hbond substituents is 8. The van der Waals surface area contributed by atoms with Crippen molar-refractivity contribution in [1.29, 1.82) is 0 Å². The van der Waals surface area contributed by atoms with Gasteiger partial charge < -0.3 is 40.9 Å². The zero-order chi connectivity index (χ0) is 44.5. The van der Waals surface area contributed by atoms with Gasteiger partial charge in [-0.2, -0.15) is 0 Å². The van der Waals surface area contributed by atoms with Gasteiger partial charge in [-0.3, -0.25) is 0 Å². The smallest absolute Gasteiger partial charge is 0.126 e. The van der Waals surface area contributed by atoms with Crippen molar-refractivity contribution in [2.24, 2.45) is 0 Å². The van der Waals surface area contributed by atoms with Gasteiger partial charge in [0.15, 0.2) is 0 Å². The molecule has 0 unspecified atom stereocenters. The van der Waals surface area contributed by atoms with Crippen molar-refractivity contribution >= 4 is 0 Å². The molecular formula is C56H48O8. The lowest BCUT2D eigenvalue weighted by atomic mass is 9.75. The SMILES string of the molecule is Oc1ccc2c(O)c1[C@H](Cc1ccccc1)c1ccc(O)c(c1O)[C@H](Cc1ccccc1)c1ccc(O)c(c1O)[C@H](Cc1ccccc1)c1ccc(O)c(c1O)[C@@H]2Cc1ccccc1. The fraction of sp³-hybridized carbons (Fsp3) is 0.143. The van der Waals surface area contributed by atoms with Crippen LogP contribution in [-0.4, -0.2) is 40.9 Å². The van der Waals surface area contributed by atoms with E-state index in [1.807, 2.05) is 121 Å². The van der Waals surface area contributed by atoms with Crippen LogP contribution >= 0.6 is 0 Å². The largest absolute Gasteiger partial charge is 0.508 e. The summed E-state index contributed by atoms with van der Waals surface area (Å²) in [6, 6.07) is 50.1. The molecule has 0 amide bonds. The monoisotopic (exact) mass is 848 g/mol. The third-order valence-electron chi connectivity index (χ3n) is 12.9. The Morgan fingerprint density at radius 2 is 0.422 bits per heavy atom. The summed E-state index contributed by atoms with van der Waals surface area (Å²) in [6.07, 6.45) is 0.768. The average molecular weight is 849 g/mol. The lowest BCUT2D eigenvalue weighted by molar-refractivity contribution is 0.406. The molecule has 64 heavy (non-hydrogen) atoms. The Hall–Kier alpha value is -7.84. The Morgan fingerprint density at radius 3 is 0.609 bits per heavy atom. The van der Waals surface area contributed by atoms with Crippen molar-refractivity contribution in [3.63, 3.8) is 0 Å². The van der Waals surface area contributed by atoms with Gasteiger partial charge in [0.1, 0.15) is 46.0 Å². The van der Waals surface area contributed by atoms with Crippen LogP contribution in [0.4, 0.5) is 0 Å². The van der Waals surface area contributed by atoms with Gasteiger partial charge >= 0.3 is 0 Å². The van der Waals surface area contributed by atoms with E-state index in [4.69, 9.17) is 0 Å². The maximum Gasteiger partial charge on any atom is 0.126 e. The lowest BCUT2D eigenvalue weighted by Crippen LogP contribution is -2.15. The maximum absolute atomic E-state index is 12.8. The van der Waals surface area contributed by atoms with Crippen molar-refractivity contribution < 1.29 is 40.9 Å². The Bertz CT molecular complexity index is 2530. The first kappa shape index (κ1) is 41.5. The summed E-state index contributed by atoms with van der Waals surface area (Å²) in [5, 5.41) is 98.8. The predicted molar refractivity (Wildman–Crippen MR) is 247 cm³/mol. The van der Waals surface area contributed by atoms with Crippen LogP contribution in [0.15, 0.2) is 170 Å². The predicted octanol–water partition coefficient (Wildman–Crippen LogP) is 11.1. The summed E-state index contributed by atoms with van der Waals surface area (Å²) < 4.78 is 0. The van der Waals surface area contributed by atoms with Gasteiger partial charge in [0.05, 0.1) is 0 Å². The molecule has 1 aliphatic carbocycles.